The van der Waals surface area contributed by atoms with Gasteiger partial charge in [-0.1, -0.05) is 18.2 Å². The Balaban J connectivity index is 2.46. The summed E-state index contributed by atoms with van der Waals surface area (Å²) in [5.41, 5.74) is 2.18. The van der Waals surface area contributed by atoms with Gasteiger partial charge in [-0.25, -0.2) is 4.57 Å². The molecule has 158 valence electrons. The van der Waals surface area contributed by atoms with Crippen molar-refractivity contribution >= 4 is 20.0 Å². The molecule has 0 radical (unpaired) electrons. The molecule has 0 atom stereocenters. The van der Waals surface area contributed by atoms with Crippen LogP contribution in [0.2, 0.25) is 0 Å². The lowest BCUT2D eigenvalue weighted by molar-refractivity contribution is 0.187. The van der Waals surface area contributed by atoms with Crippen molar-refractivity contribution in [3.63, 3.8) is 0 Å². The normalized spacial score (nSPS) is 11.8. The van der Waals surface area contributed by atoms with Crippen molar-refractivity contribution in [1.82, 2.24) is 0 Å². The van der Waals surface area contributed by atoms with Crippen molar-refractivity contribution in [2.75, 3.05) is 14.2 Å². The molecule has 0 saturated carbocycles. The van der Waals surface area contributed by atoms with Crippen molar-refractivity contribution < 1.29 is 43.7 Å². The summed E-state index contributed by atoms with van der Waals surface area (Å²) in [5.74, 6) is 0.233. The molecule has 0 spiro atoms. The fraction of sp³-hybridized carbons (Fsp3) is 0.263. The Morgan fingerprint density at radius 2 is 1.66 bits per heavy atom. The molecule has 10 heteroatoms. The van der Waals surface area contributed by atoms with Crippen LogP contribution in [0.3, 0.4) is 0 Å². The zero-order valence-corrected chi connectivity index (χ0v) is 16.8. The molecular formula is C19H23O9P. The lowest BCUT2D eigenvalue weighted by atomic mass is 10.0. The number of phenolic OH excluding ortho intramolecular Hbond substituents is 1. The molecule has 5 N–H and O–H groups in total. The van der Waals surface area contributed by atoms with E-state index < -0.39 is 14.4 Å². The number of methoxy groups -OCH3 is 2. The lowest BCUT2D eigenvalue weighted by Crippen LogP contribution is -1.99. The molecule has 0 aliphatic rings. The van der Waals surface area contributed by atoms with Crippen LogP contribution < -0.4 is 9.47 Å². The fourth-order valence-electron chi connectivity index (χ4n) is 2.76. The first-order valence-corrected chi connectivity index (χ1v) is 9.95. The first kappa shape index (κ1) is 22.9. The van der Waals surface area contributed by atoms with Gasteiger partial charge in [-0.3, -0.25) is 4.52 Å². The van der Waals surface area contributed by atoms with E-state index in [1.807, 2.05) is 0 Å². The maximum atomic E-state index is 11.0. The van der Waals surface area contributed by atoms with Crippen LogP contribution in [0.15, 0.2) is 24.3 Å². The van der Waals surface area contributed by atoms with Crippen LogP contribution in [0.5, 0.6) is 17.2 Å². The molecule has 0 aliphatic heterocycles. The quantitative estimate of drug-likeness (QED) is 0.301. The summed E-state index contributed by atoms with van der Waals surface area (Å²) in [5, 5.41) is 29.3. The summed E-state index contributed by atoms with van der Waals surface area (Å²) in [7, 11) is -1.95. The molecule has 2 rings (SSSR count). The zero-order chi connectivity index (χ0) is 21.6. The van der Waals surface area contributed by atoms with Crippen LogP contribution in [-0.2, 0) is 28.9 Å². The maximum Gasteiger partial charge on any atom is 0.469 e. The number of aliphatic hydroxyl groups is 2. The van der Waals surface area contributed by atoms with Crippen molar-refractivity contribution in [3.05, 3.63) is 52.1 Å². The second-order valence-electron chi connectivity index (χ2n) is 5.96. The minimum atomic E-state index is -4.75. The van der Waals surface area contributed by atoms with Crippen molar-refractivity contribution in [2.24, 2.45) is 0 Å². The number of benzene rings is 2. The Morgan fingerprint density at radius 3 is 2.21 bits per heavy atom. The summed E-state index contributed by atoms with van der Waals surface area (Å²) < 4.78 is 25.9. The standard InChI is InChI=1S/C19H23O9P/c1-26-17-6-5-13(16(19(17)22)11-28-29(23,24)25)4-3-12-7-14(9-20)15(10-21)18(8-12)27-2/h3-8,20-22H,9-11H2,1-2H3,(H2,23,24,25)/b4-3-. The molecular weight excluding hydrogens is 403 g/mol. The SMILES string of the molecule is COc1ccc(/C=C\c2cc(CO)c(CO)c(OC)c2)c(COP(=O)(O)O)c1O. The van der Waals surface area contributed by atoms with E-state index in [9.17, 15) is 19.9 Å². The summed E-state index contributed by atoms with van der Waals surface area (Å²) >= 11 is 0. The second kappa shape index (κ2) is 9.89. The average Bonchev–Trinajstić information content (AvgIpc) is 2.69. The maximum absolute atomic E-state index is 11.0. The number of hydrogen-bond donors (Lipinski definition) is 5. The Hall–Kier alpha value is -2.39. The highest BCUT2D eigenvalue weighted by molar-refractivity contribution is 7.46. The van der Waals surface area contributed by atoms with Gasteiger partial charge >= 0.3 is 7.82 Å². The molecule has 2 aromatic rings. The first-order chi connectivity index (χ1) is 13.7. The molecule has 0 bridgehead atoms. The monoisotopic (exact) mass is 426 g/mol. The fourth-order valence-corrected chi connectivity index (χ4v) is 3.06. The highest BCUT2D eigenvalue weighted by Crippen LogP contribution is 2.41. The summed E-state index contributed by atoms with van der Waals surface area (Å²) in [6.45, 7) is -1.13. The molecule has 0 aromatic heterocycles. The number of ether oxygens (including phenoxy) is 2. The number of phosphoric ester groups is 1. The third-order valence-corrected chi connectivity index (χ3v) is 4.67. The number of hydrogen-bond acceptors (Lipinski definition) is 7. The van der Waals surface area contributed by atoms with Crippen LogP contribution >= 0.6 is 7.82 Å². The number of aliphatic hydroxyl groups excluding tert-OH is 2. The topological polar surface area (TPSA) is 146 Å². The van der Waals surface area contributed by atoms with Gasteiger partial charge in [0.15, 0.2) is 11.5 Å². The van der Waals surface area contributed by atoms with Crippen molar-refractivity contribution in [2.45, 2.75) is 19.8 Å². The number of rotatable bonds is 9. The third kappa shape index (κ3) is 5.80. The van der Waals surface area contributed by atoms with Crippen LogP contribution in [0.1, 0.15) is 27.8 Å². The average molecular weight is 426 g/mol. The van der Waals surface area contributed by atoms with Crippen molar-refractivity contribution in [3.8, 4) is 17.2 Å². The van der Waals surface area contributed by atoms with Gasteiger partial charge in [-0.2, -0.15) is 0 Å². The van der Waals surface area contributed by atoms with Gasteiger partial charge in [0, 0.05) is 11.1 Å². The predicted octanol–water partition coefficient (Wildman–Crippen LogP) is 2.17. The predicted molar refractivity (Wildman–Crippen MR) is 105 cm³/mol. The molecule has 0 saturated heterocycles. The van der Waals surface area contributed by atoms with Crippen LogP contribution in [0.4, 0.5) is 0 Å². The summed E-state index contributed by atoms with van der Waals surface area (Å²) in [6.07, 6.45) is 3.26. The number of phenols is 1. The Bertz CT molecular complexity index is 909. The lowest BCUT2D eigenvalue weighted by Gasteiger charge is -2.14. The number of aromatic hydroxyl groups is 1. The number of phosphoric acid groups is 1. The minimum Gasteiger partial charge on any atom is -0.504 e. The van der Waals surface area contributed by atoms with E-state index in [1.165, 1.54) is 20.3 Å². The molecule has 29 heavy (non-hydrogen) atoms. The minimum absolute atomic E-state index is 0.128. The van der Waals surface area contributed by atoms with Gasteiger partial charge in [0.25, 0.3) is 0 Å². The Morgan fingerprint density at radius 1 is 0.966 bits per heavy atom. The highest BCUT2D eigenvalue weighted by atomic mass is 31.2. The van der Waals surface area contributed by atoms with E-state index >= 15 is 0 Å². The molecule has 2 aromatic carbocycles. The Kier molecular flexibility index (Phi) is 7.80. The first-order valence-electron chi connectivity index (χ1n) is 8.42. The molecule has 0 aliphatic carbocycles. The summed E-state index contributed by atoms with van der Waals surface area (Å²) in [4.78, 5) is 17.9. The summed E-state index contributed by atoms with van der Waals surface area (Å²) in [6, 6.07) is 6.43. The highest BCUT2D eigenvalue weighted by Gasteiger charge is 2.19. The largest absolute Gasteiger partial charge is 0.504 e. The van der Waals surface area contributed by atoms with E-state index in [2.05, 4.69) is 4.52 Å². The van der Waals surface area contributed by atoms with Gasteiger partial charge in [0.05, 0.1) is 34.0 Å². The third-order valence-electron chi connectivity index (χ3n) is 4.21. The second-order valence-corrected chi connectivity index (χ2v) is 7.20. The molecule has 0 heterocycles. The zero-order valence-electron chi connectivity index (χ0n) is 15.9. The van der Waals surface area contributed by atoms with Crippen LogP contribution in [0, 0.1) is 0 Å². The van der Waals surface area contributed by atoms with Crippen LogP contribution in [0.25, 0.3) is 12.2 Å². The van der Waals surface area contributed by atoms with Crippen LogP contribution in [-0.4, -0.2) is 39.3 Å². The van der Waals surface area contributed by atoms with Gasteiger partial charge in [0.2, 0.25) is 0 Å². The molecule has 0 amide bonds. The van der Waals surface area contributed by atoms with E-state index in [0.29, 0.717) is 28.0 Å². The van der Waals surface area contributed by atoms with E-state index in [-0.39, 0.29) is 30.3 Å². The Labute approximate surface area is 167 Å². The van der Waals surface area contributed by atoms with Gasteiger partial charge in [0.1, 0.15) is 5.75 Å². The van der Waals surface area contributed by atoms with Gasteiger partial charge < -0.3 is 34.6 Å². The smallest absolute Gasteiger partial charge is 0.469 e. The van der Waals surface area contributed by atoms with E-state index in [4.69, 9.17) is 19.3 Å². The molecule has 0 fully saturated rings. The van der Waals surface area contributed by atoms with E-state index in [0.717, 1.165) is 0 Å². The molecule has 9 nitrogen and oxygen atoms in total. The van der Waals surface area contributed by atoms with Crippen molar-refractivity contribution in [1.29, 1.82) is 0 Å². The van der Waals surface area contributed by atoms with E-state index in [1.54, 1.807) is 30.4 Å². The van der Waals surface area contributed by atoms with Gasteiger partial charge in [-0.05, 0) is 34.9 Å². The van der Waals surface area contributed by atoms with Gasteiger partial charge in [-0.15, -0.1) is 0 Å². The molecule has 0 unspecified atom stereocenters.